The highest BCUT2D eigenvalue weighted by Crippen LogP contribution is 2.37. The largest absolute Gasteiger partial charge is 0.256 e. The van der Waals surface area contributed by atoms with Crippen LogP contribution < -0.4 is 0 Å². The molecule has 0 radical (unpaired) electrons. The average Bonchev–Trinajstić information content (AvgIpc) is 2.97. The van der Waals surface area contributed by atoms with Crippen LogP contribution in [0.25, 0.3) is 32.6 Å². The fraction of sp³-hybridized carbons (Fsp3) is 0.0526. The minimum absolute atomic E-state index is 1.02. The fourth-order valence-electron chi connectivity index (χ4n) is 2.61. The van der Waals surface area contributed by atoms with Gasteiger partial charge in [0.05, 0.1) is 21.1 Å². The van der Waals surface area contributed by atoms with Gasteiger partial charge in [-0.2, -0.15) is 0 Å². The number of aromatic nitrogens is 2. The van der Waals surface area contributed by atoms with Gasteiger partial charge in [-0.3, -0.25) is 4.98 Å². The summed E-state index contributed by atoms with van der Waals surface area (Å²) >= 11 is 1.72. The zero-order valence-corrected chi connectivity index (χ0v) is 13.0. The number of benzene rings is 2. The highest BCUT2D eigenvalue weighted by atomic mass is 32.1. The summed E-state index contributed by atoms with van der Waals surface area (Å²) in [7, 11) is 0. The number of nitrogens with zero attached hydrogens (tertiary/aromatic N) is 2. The lowest BCUT2D eigenvalue weighted by Gasteiger charge is -2.04. The van der Waals surface area contributed by atoms with Crippen LogP contribution in [0.2, 0.25) is 0 Å². The van der Waals surface area contributed by atoms with E-state index in [1.54, 1.807) is 11.3 Å². The minimum Gasteiger partial charge on any atom is -0.256 e. The Balaban J connectivity index is 1.91. The van der Waals surface area contributed by atoms with Crippen LogP contribution in [0, 0.1) is 6.92 Å². The lowest BCUT2D eigenvalue weighted by Crippen LogP contribution is -1.84. The van der Waals surface area contributed by atoms with Gasteiger partial charge < -0.3 is 0 Å². The Morgan fingerprint density at radius 2 is 1.64 bits per heavy atom. The second kappa shape index (κ2) is 5.35. The van der Waals surface area contributed by atoms with Gasteiger partial charge in [-0.15, -0.1) is 11.3 Å². The molecule has 0 aliphatic rings. The Morgan fingerprint density at radius 3 is 2.50 bits per heavy atom. The maximum Gasteiger partial charge on any atom is 0.0908 e. The van der Waals surface area contributed by atoms with Crippen molar-refractivity contribution < 1.29 is 0 Å². The van der Waals surface area contributed by atoms with Gasteiger partial charge in [-0.25, -0.2) is 4.98 Å². The van der Waals surface area contributed by atoms with Crippen LogP contribution in [0.15, 0.2) is 66.9 Å². The highest BCUT2D eigenvalue weighted by molar-refractivity contribution is 7.15. The third-order valence-corrected chi connectivity index (χ3v) is 4.65. The molecule has 22 heavy (non-hydrogen) atoms. The molecule has 0 saturated carbocycles. The maximum absolute atomic E-state index is 4.73. The van der Waals surface area contributed by atoms with Gasteiger partial charge in [0.2, 0.25) is 0 Å². The molecule has 0 aliphatic carbocycles. The molecule has 2 heterocycles. The van der Waals surface area contributed by atoms with Gasteiger partial charge >= 0.3 is 0 Å². The Morgan fingerprint density at radius 1 is 0.864 bits per heavy atom. The first-order valence-corrected chi connectivity index (χ1v) is 8.01. The summed E-state index contributed by atoms with van der Waals surface area (Å²) in [6.07, 6.45) is 1.95. The van der Waals surface area contributed by atoms with Crippen LogP contribution in [0.4, 0.5) is 0 Å². The van der Waals surface area contributed by atoms with E-state index in [4.69, 9.17) is 4.98 Å². The molecule has 0 aliphatic heterocycles. The molecular weight excluding hydrogens is 288 g/mol. The molecule has 4 aromatic rings. The summed E-state index contributed by atoms with van der Waals surface area (Å²) in [5, 5.41) is 2.23. The summed E-state index contributed by atoms with van der Waals surface area (Å²) in [4.78, 5) is 10.5. The molecule has 0 bridgehead atoms. The summed E-state index contributed by atoms with van der Waals surface area (Å²) in [6.45, 7) is 2.05. The predicted octanol–water partition coefficient (Wildman–Crippen LogP) is 5.33. The van der Waals surface area contributed by atoms with Crippen LogP contribution in [0.3, 0.4) is 0 Å². The second-order valence-electron chi connectivity index (χ2n) is 5.19. The van der Waals surface area contributed by atoms with E-state index in [2.05, 4.69) is 36.2 Å². The first-order valence-electron chi connectivity index (χ1n) is 7.19. The molecule has 4 rings (SSSR count). The zero-order chi connectivity index (χ0) is 14.9. The third-order valence-electron chi connectivity index (χ3n) is 3.63. The molecule has 3 heteroatoms. The van der Waals surface area contributed by atoms with Gasteiger partial charge in [-0.1, -0.05) is 48.5 Å². The second-order valence-corrected chi connectivity index (χ2v) is 6.40. The van der Waals surface area contributed by atoms with E-state index in [1.165, 1.54) is 4.88 Å². The van der Waals surface area contributed by atoms with E-state index in [-0.39, 0.29) is 0 Å². The molecular formula is C19H14N2S. The van der Waals surface area contributed by atoms with Crippen molar-refractivity contribution in [2.45, 2.75) is 6.92 Å². The topological polar surface area (TPSA) is 25.8 Å². The molecule has 2 aromatic carbocycles. The summed E-state index contributed by atoms with van der Waals surface area (Å²) in [6, 6.07) is 20.7. The van der Waals surface area contributed by atoms with Crippen molar-refractivity contribution in [2.75, 3.05) is 0 Å². The number of hydrogen-bond donors (Lipinski definition) is 0. The van der Waals surface area contributed by atoms with Gasteiger partial charge in [0.15, 0.2) is 0 Å². The fourth-order valence-corrected chi connectivity index (χ4v) is 3.53. The van der Waals surface area contributed by atoms with Crippen molar-refractivity contribution >= 4 is 22.2 Å². The summed E-state index contributed by atoms with van der Waals surface area (Å²) in [5.41, 5.74) is 4.34. The van der Waals surface area contributed by atoms with E-state index in [1.807, 2.05) is 42.6 Å². The van der Waals surface area contributed by atoms with E-state index in [0.29, 0.717) is 0 Å². The molecule has 0 fully saturated rings. The lowest BCUT2D eigenvalue weighted by molar-refractivity contribution is 1.30. The zero-order valence-electron chi connectivity index (χ0n) is 12.2. The molecule has 106 valence electrons. The molecule has 2 nitrogen and oxygen atoms in total. The smallest absolute Gasteiger partial charge is 0.0908 e. The van der Waals surface area contributed by atoms with Crippen molar-refractivity contribution in [3.8, 4) is 21.7 Å². The number of hydrogen-bond acceptors (Lipinski definition) is 3. The van der Waals surface area contributed by atoms with Crippen molar-refractivity contribution in [2.24, 2.45) is 0 Å². The average molecular weight is 302 g/mol. The molecule has 0 amide bonds. The molecule has 0 spiro atoms. The minimum atomic E-state index is 1.02. The molecule has 0 atom stereocenters. The molecule has 2 aromatic heterocycles. The first-order chi connectivity index (χ1) is 10.8. The highest BCUT2D eigenvalue weighted by Gasteiger charge is 2.13. The van der Waals surface area contributed by atoms with Crippen molar-refractivity contribution in [3.05, 3.63) is 71.9 Å². The van der Waals surface area contributed by atoms with E-state index in [9.17, 15) is 0 Å². The third kappa shape index (κ3) is 2.30. The van der Waals surface area contributed by atoms with Crippen molar-refractivity contribution in [3.63, 3.8) is 0 Å². The van der Waals surface area contributed by atoms with Gasteiger partial charge in [0, 0.05) is 22.7 Å². The normalized spacial score (nSPS) is 11.0. The maximum atomic E-state index is 4.73. The first kappa shape index (κ1) is 13.2. The number of pyridine rings is 1. The van der Waals surface area contributed by atoms with E-state index < -0.39 is 0 Å². The molecule has 0 N–H and O–H groups in total. The summed E-state index contributed by atoms with van der Waals surface area (Å²) in [5.74, 6) is 0. The SMILES string of the molecule is Cc1nc(-c2ccccc2)c(-c2cnc3ccccc3c2)s1. The standard InChI is InChI=1S/C19H14N2S/c1-13-21-18(14-7-3-2-4-8-14)19(22-13)16-11-15-9-5-6-10-17(15)20-12-16/h2-12H,1H3. The Bertz CT molecular complexity index is 942. The van der Waals surface area contributed by atoms with Crippen molar-refractivity contribution in [1.82, 2.24) is 9.97 Å². The predicted molar refractivity (Wildman–Crippen MR) is 93.0 cm³/mol. The number of para-hydroxylation sites is 1. The van der Waals surface area contributed by atoms with E-state index in [0.717, 1.165) is 32.7 Å². The molecule has 0 saturated heterocycles. The van der Waals surface area contributed by atoms with E-state index >= 15 is 0 Å². The Labute approximate surface area is 133 Å². The van der Waals surface area contributed by atoms with Gasteiger partial charge in [0.25, 0.3) is 0 Å². The van der Waals surface area contributed by atoms with Gasteiger partial charge in [0.1, 0.15) is 0 Å². The monoisotopic (exact) mass is 302 g/mol. The Hall–Kier alpha value is -2.52. The van der Waals surface area contributed by atoms with Gasteiger partial charge in [-0.05, 0) is 19.1 Å². The lowest BCUT2D eigenvalue weighted by atomic mass is 10.1. The van der Waals surface area contributed by atoms with Crippen LogP contribution >= 0.6 is 11.3 Å². The van der Waals surface area contributed by atoms with Crippen LogP contribution in [-0.2, 0) is 0 Å². The summed E-state index contributed by atoms with van der Waals surface area (Å²) < 4.78 is 0. The van der Waals surface area contributed by atoms with Crippen LogP contribution in [0.5, 0.6) is 0 Å². The molecule has 0 unspecified atom stereocenters. The number of aryl methyl sites for hydroxylation is 1. The van der Waals surface area contributed by atoms with Crippen LogP contribution in [0.1, 0.15) is 5.01 Å². The Kier molecular flexibility index (Phi) is 3.20. The van der Waals surface area contributed by atoms with Crippen LogP contribution in [-0.4, -0.2) is 9.97 Å². The van der Waals surface area contributed by atoms with Crippen molar-refractivity contribution in [1.29, 1.82) is 0 Å². The number of rotatable bonds is 2. The number of thiazole rings is 1. The number of fused-ring (bicyclic) bond motifs is 1. The quantitative estimate of drug-likeness (QED) is 0.500.